The van der Waals surface area contributed by atoms with Crippen LogP contribution >= 0.6 is 0 Å². The van der Waals surface area contributed by atoms with Crippen molar-refractivity contribution in [3.63, 3.8) is 0 Å². The van der Waals surface area contributed by atoms with E-state index >= 15 is 0 Å². The molecule has 0 unspecified atom stereocenters. The minimum Gasteiger partial charge on any atom is -0.409 e. The molecule has 1 rings (SSSR count). The Morgan fingerprint density at radius 3 is 2.33 bits per heavy atom. The summed E-state index contributed by atoms with van der Waals surface area (Å²) in [7, 11) is 1.25. The molecule has 0 aromatic carbocycles. The van der Waals surface area contributed by atoms with E-state index in [2.05, 4.69) is 5.16 Å². The second-order valence-corrected chi connectivity index (χ2v) is 3.16. The van der Waals surface area contributed by atoms with Crippen LogP contribution in [0.2, 0.25) is 0 Å². The lowest BCUT2D eigenvalue weighted by Crippen LogP contribution is -2.61. The van der Waals surface area contributed by atoms with E-state index in [0.29, 0.717) is 0 Å². The number of aliphatic hydroxyl groups excluding tert-OH is 3. The van der Waals surface area contributed by atoms with Crippen molar-refractivity contribution in [3.05, 3.63) is 0 Å². The third kappa shape index (κ3) is 2.19. The van der Waals surface area contributed by atoms with E-state index in [9.17, 15) is 15.3 Å². The predicted octanol–water partition coefficient (Wildman–Crippen LogP) is -2.81. The molecule has 8 heteroatoms. The third-order valence-corrected chi connectivity index (χ3v) is 2.21. The molecule has 1 saturated heterocycles. The minimum atomic E-state index is -1.49. The van der Waals surface area contributed by atoms with Gasteiger partial charge in [-0.1, -0.05) is 5.16 Å². The molecular weight excluding hydrogens is 208 g/mol. The number of rotatable bonds is 2. The monoisotopic (exact) mass is 222 g/mol. The summed E-state index contributed by atoms with van der Waals surface area (Å²) in [5.41, 5.74) is 5.23. The van der Waals surface area contributed by atoms with Gasteiger partial charge in [0.15, 0.2) is 12.1 Å². The van der Waals surface area contributed by atoms with Gasteiger partial charge in [-0.3, -0.25) is 0 Å². The number of ether oxygens (including phenoxy) is 2. The smallest absolute Gasteiger partial charge is 0.186 e. The van der Waals surface area contributed by atoms with E-state index < -0.39 is 36.5 Å². The fourth-order valence-corrected chi connectivity index (χ4v) is 1.34. The average molecular weight is 222 g/mol. The predicted molar refractivity (Wildman–Crippen MR) is 47.1 cm³/mol. The number of methoxy groups -OCH3 is 1. The molecule has 1 heterocycles. The van der Waals surface area contributed by atoms with Crippen LogP contribution in [0.15, 0.2) is 5.16 Å². The Morgan fingerprint density at radius 1 is 1.27 bits per heavy atom. The van der Waals surface area contributed by atoms with Gasteiger partial charge in [-0.25, -0.2) is 0 Å². The third-order valence-electron chi connectivity index (χ3n) is 2.21. The second-order valence-electron chi connectivity index (χ2n) is 3.16. The van der Waals surface area contributed by atoms with E-state index in [1.165, 1.54) is 7.11 Å². The summed E-state index contributed by atoms with van der Waals surface area (Å²) < 4.78 is 9.70. The van der Waals surface area contributed by atoms with Crippen molar-refractivity contribution < 1.29 is 30.0 Å². The van der Waals surface area contributed by atoms with Crippen molar-refractivity contribution in [1.82, 2.24) is 0 Å². The van der Waals surface area contributed by atoms with E-state index in [1.807, 2.05) is 0 Å². The average Bonchev–Trinajstić information content (AvgIpc) is 2.25. The fourth-order valence-electron chi connectivity index (χ4n) is 1.34. The van der Waals surface area contributed by atoms with Crippen molar-refractivity contribution in [1.29, 1.82) is 0 Å². The topological polar surface area (TPSA) is 138 Å². The molecule has 0 radical (unpaired) electrons. The highest BCUT2D eigenvalue weighted by Gasteiger charge is 2.45. The number of nitrogens with two attached hydrogens (primary N) is 1. The summed E-state index contributed by atoms with van der Waals surface area (Å²) in [5.74, 6) is -0.407. The normalized spacial score (nSPS) is 42.9. The molecule has 0 saturated carbocycles. The summed E-state index contributed by atoms with van der Waals surface area (Å²) in [6.07, 6.45) is -6.74. The molecule has 0 amide bonds. The van der Waals surface area contributed by atoms with Gasteiger partial charge in [0.25, 0.3) is 0 Å². The van der Waals surface area contributed by atoms with Crippen LogP contribution in [0, 0.1) is 0 Å². The molecule has 0 spiro atoms. The zero-order valence-corrected chi connectivity index (χ0v) is 8.02. The van der Waals surface area contributed by atoms with Crippen LogP contribution in [-0.4, -0.2) is 64.2 Å². The molecule has 0 aromatic heterocycles. The van der Waals surface area contributed by atoms with Gasteiger partial charge >= 0.3 is 0 Å². The van der Waals surface area contributed by atoms with Crippen molar-refractivity contribution in [3.8, 4) is 0 Å². The van der Waals surface area contributed by atoms with Crippen molar-refractivity contribution >= 4 is 5.84 Å². The van der Waals surface area contributed by atoms with Gasteiger partial charge in [0.2, 0.25) is 0 Å². The first-order chi connectivity index (χ1) is 7.02. The van der Waals surface area contributed by atoms with Gasteiger partial charge < -0.3 is 35.7 Å². The summed E-state index contributed by atoms with van der Waals surface area (Å²) in [4.78, 5) is 0. The molecule has 88 valence electrons. The van der Waals surface area contributed by atoms with Gasteiger partial charge in [-0.15, -0.1) is 0 Å². The minimum absolute atomic E-state index is 0.407. The van der Waals surface area contributed by atoms with Crippen LogP contribution in [0.3, 0.4) is 0 Å². The SMILES string of the molecule is CO[C@H]1O[C@H](/C(N)=N/O)[C@@H](O)[C@H](O)[C@@H]1O. The molecule has 0 aromatic rings. The van der Waals surface area contributed by atoms with E-state index in [0.717, 1.165) is 0 Å². The molecular formula is C7H14N2O6. The first-order valence-electron chi connectivity index (χ1n) is 4.22. The first-order valence-corrected chi connectivity index (χ1v) is 4.22. The van der Waals surface area contributed by atoms with Gasteiger partial charge in [-0.2, -0.15) is 0 Å². The van der Waals surface area contributed by atoms with Crippen LogP contribution in [-0.2, 0) is 9.47 Å². The molecule has 8 nitrogen and oxygen atoms in total. The van der Waals surface area contributed by atoms with Crippen molar-refractivity contribution in [2.75, 3.05) is 7.11 Å². The van der Waals surface area contributed by atoms with Crippen LogP contribution in [0.1, 0.15) is 0 Å². The number of aliphatic hydroxyl groups is 3. The van der Waals surface area contributed by atoms with Crippen LogP contribution in [0.25, 0.3) is 0 Å². The van der Waals surface area contributed by atoms with Gasteiger partial charge in [0.05, 0.1) is 0 Å². The molecule has 5 atom stereocenters. The van der Waals surface area contributed by atoms with Gasteiger partial charge in [-0.05, 0) is 0 Å². The maximum Gasteiger partial charge on any atom is 0.186 e. The Kier molecular flexibility index (Phi) is 3.83. The molecule has 15 heavy (non-hydrogen) atoms. The Balaban J connectivity index is 2.83. The molecule has 1 aliphatic rings. The zero-order chi connectivity index (χ0) is 11.6. The second kappa shape index (κ2) is 4.73. The summed E-state index contributed by atoms with van der Waals surface area (Å²) in [6, 6.07) is 0. The number of oxime groups is 1. The Bertz CT molecular complexity index is 246. The summed E-state index contributed by atoms with van der Waals surface area (Å²) in [6.45, 7) is 0. The maximum atomic E-state index is 9.46. The first kappa shape index (κ1) is 12.1. The Morgan fingerprint density at radius 2 is 1.87 bits per heavy atom. The molecule has 0 aliphatic carbocycles. The van der Waals surface area contributed by atoms with E-state index in [4.69, 9.17) is 20.4 Å². The number of hydrogen-bond acceptors (Lipinski definition) is 7. The fraction of sp³-hybridized carbons (Fsp3) is 0.857. The van der Waals surface area contributed by atoms with Gasteiger partial charge in [0.1, 0.15) is 24.4 Å². The lowest BCUT2D eigenvalue weighted by Gasteiger charge is -2.38. The standard InChI is InChI=1S/C7H14N2O6/c1-14-7-4(12)2(10)3(11)5(15-7)6(8)9-13/h2-5,7,10-13H,1H3,(H2,8,9)/t2-,3-,4-,5-,7-/m0/s1. The number of hydrogen-bond donors (Lipinski definition) is 5. The van der Waals surface area contributed by atoms with Gasteiger partial charge in [0, 0.05) is 7.11 Å². The lowest BCUT2D eigenvalue weighted by atomic mass is 9.98. The Labute approximate surface area is 85.5 Å². The molecule has 1 aliphatic heterocycles. The van der Waals surface area contributed by atoms with Crippen LogP contribution < -0.4 is 5.73 Å². The van der Waals surface area contributed by atoms with Crippen LogP contribution in [0.5, 0.6) is 0 Å². The highest BCUT2D eigenvalue weighted by atomic mass is 16.7. The maximum absolute atomic E-state index is 9.46. The largest absolute Gasteiger partial charge is 0.409 e. The molecule has 6 N–H and O–H groups in total. The number of nitrogens with zero attached hydrogens (tertiary/aromatic N) is 1. The molecule has 0 bridgehead atoms. The lowest BCUT2D eigenvalue weighted by molar-refractivity contribution is -0.276. The highest BCUT2D eigenvalue weighted by molar-refractivity contribution is 5.85. The zero-order valence-electron chi connectivity index (χ0n) is 8.02. The van der Waals surface area contributed by atoms with E-state index in [1.54, 1.807) is 0 Å². The Hall–Kier alpha value is -0.930. The van der Waals surface area contributed by atoms with Crippen LogP contribution in [0.4, 0.5) is 0 Å². The summed E-state index contributed by atoms with van der Waals surface area (Å²) in [5, 5.41) is 39.3. The number of amidine groups is 1. The summed E-state index contributed by atoms with van der Waals surface area (Å²) >= 11 is 0. The quantitative estimate of drug-likeness (QED) is 0.147. The highest BCUT2D eigenvalue weighted by Crippen LogP contribution is 2.21. The van der Waals surface area contributed by atoms with Crippen molar-refractivity contribution in [2.24, 2.45) is 10.9 Å². The molecule has 1 fully saturated rings. The van der Waals surface area contributed by atoms with Crippen molar-refractivity contribution in [2.45, 2.75) is 30.7 Å². The van der Waals surface area contributed by atoms with E-state index in [-0.39, 0.29) is 0 Å².